The summed E-state index contributed by atoms with van der Waals surface area (Å²) in [5, 5.41) is 10.3. The number of benzene rings is 3. The lowest BCUT2D eigenvalue weighted by atomic mass is 9.93. The molecule has 4 nitrogen and oxygen atoms in total. The van der Waals surface area contributed by atoms with Crippen LogP contribution in [-0.2, 0) is 11.2 Å². The van der Waals surface area contributed by atoms with Crippen LogP contribution in [0.25, 0.3) is 0 Å². The van der Waals surface area contributed by atoms with E-state index in [-0.39, 0.29) is 11.7 Å². The van der Waals surface area contributed by atoms with Crippen molar-refractivity contribution < 1.29 is 9.90 Å². The summed E-state index contributed by atoms with van der Waals surface area (Å²) in [5.74, 6) is 0.474. The minimum Gasteiger partial charge on any atom is -0.508 e. The first-order chi connectivity index (χ1) is 14.8. The van der Waals surface area contributed by atoms with Crippen LogP contribution in [0.4, 0.5) is 5.69 Å². The molecule has 0 spiro atoms. The van der Waals surface area contributed by atoms with E-state index in [0.717, 1.165) is 22.4 Å². The highest BCUT2D eigenvalue weighted by molar-refractivity contribution is 6.32. The Bertz CT molecular complexity index is 1150. The number of carbonyl (C=O) groups excluding carboxylic acids is 1. The number of aromatic hydroxyl groups is 1. The lowest BCUT2D eigenvalue weighted by Crippen LogP contribution is -2.36. The number of carbonyl (C=O) groups is 1. The highest BCUT2D eigenvalue weighted by Gasteiger charge is 2.31. The zero-order chi connectivity index (χ0) is 22.1. The van der Waals surface area contributed by atoms with Crippen molar-refractivity contribution >= 4 is 28.9 Å². The molecule has 0 aromatic heterocycles. The van der Waals surface area contributed by atoms with E-state index in [9.17, 15) is 9.90 Å². The molecule has 3 aromatic rings. The van der Waals surface area contributed by atoms with E-state index in [1.807, 2.05) is 36.4 Å². The Balaban J connectivity index is 1.87. The summed E-state index contributed by atoms with van der Waals surface area (Å²) in [6, 6.07) is 20.0. The molecule has 0 aliphatic carbocycles. The number of amides is 1. The summed E-state index contributed by atoms with van der Waals surface area (Å²) < 4.78 is 0. The van der Waals surface area contributed by atoms with E-state index in [0.29, 0.717) is 23.1 Å². The van der Waals surface area contributed by atoms with Gasteiger partial charge in [-0.3, -0.25) is 9.79 Å². The molecule has 1 atom stereocenters. The van der Waals surface area contributed by atoms with Crippen molar-refractivity contribution in [3.63, 3.8) is 0 Å². The number of nitrogens with zero attached hydrogens (tertiary/aromatic N) is 2. The smallest absolute Gasteiger partial charge is 0.251 e. The fraction of sp³-hybridized carbons (Fsp3) is 0.231. The summed E-state index contributed by atoms with van der Waals surface area (Å²) in [6.45, 7) is 4.31. The first-order valence-corrected chi connectivity index (χ1v) is 10.8. The van der Waals surface area contributed by atoms with E-state index < -0.39 is 6.04 Å². The van der Waals surface area contributed by atoms with E-state index in [4.69, 9.17) is 16.6 Å². The van der Waals surface area contributed by atoms with Crippen LogP contribution in [0.15, 0.2) is 71.7 Å². The third-order valence-corrected chi connectivity index (χ3v) is 5.94. The van der Waals surface area contributed by atoms with Gasteiger partial charge in [-0.25, -0.2) is 0 Å². The highest BCUT2D eigenvalue weighted by atomic mass is 35.5. The molecule has 1 aliphatic heterocycles. The number of hydrogen-bond acceptors (Lipinski definition) is 3. The molecular weight excluding hydrogens is 408 g/mol. The van der Waals surface area contributed by atoms with Crippen molar-refractivity contribution in [2.75, 3.05) is 11.9 Å². The molecule has 1 heterocycles. The monoisotopic (exact) mass is 432 g/mol. The number of phenolic OH excluding ortho intramolecular Hbond substituents is 1. The number of likely N-dealkylation sites (N-methyl/N-ethyl adjacent to an activating group) is 1. The van der Waals surface area contributed by atoms with Crippen molar-refractivity contribution in [2.24, 2.45) is 4.99 Å². The fourth-order valence-electron chi connectivity index (χ4n) is 4.09. The Labute approximate surface area is 187 Å². The predicted octanol–water partition coefficient (Wildman–Crippen LogP) is 5.59. The molecular formula is C26H25ClN2O2. The van der Waals surface area contributed by atoms with Gasteiger partial charge < -0.3 is 10.0 Å². The van der Waals surface area contributed by atoms with Crippen LogP contribution in [0.3, 0.4) is 0 Å². The minimum absolute atomic E-state index is 0.0593. The number of phenols is 1. The van der Waals surface area contributed by atoms with Gasteiger partial charge in [-0.2, -0.15) is 0 Å². The number of fused-ring (bicyclic) bond motifs is 1. The zero-order valence-electron chi connectivity index (χ0n) is 17.8. The second-order valence-electron chi connectivity index (χ2n) is 8.16. The van der Waals surface area contributed by atoms with Gasteiger partial charge in [0, 0.05) is 29.6 Å². The number of aliphatic imine (C=N–C) groups is 1. The maximum Gasteiger partial charge on any atom is 0.251 e. The summed E-state index contributed by atoms with van der Waals surface area (Å²) in [7, 11) is 1.78. The Hall–Kier alpha value is -3.11. The molecule has 1 N–H and O–H groups in total. The number of halogens is 1. The largest absolute Gasteiger partial charge is 0.508 e. The molecule has 5 heteroatoms. The summed E-state index contributed by atoms with van der Waals surface area (Å²) in [5.41, 5.74) is 5.44. The van der Waals surface area contributed by atoms with Gasteiger partial charge in [0.2, 0.25) is 0 Å². The predicted molar refractivity (Wildman–Crippen MR) is 127 cm³/mol. The van der Waals surface area contributed by atoms with Gasteiger partial charge in [0.25, 0.3) is 5.91 Å². The summed E-state index contributed by atoms with van der Waals surface area (Å²) in [4.78, 5) is 20.1. The first-order valence-electron chi connectivity index (χ1n) is 10.4. The second-order valence-corrected chi connectivity index (χ2v) is 8.59. The minimum atomic E-state index is -0.570. The third kappa shape index (κ3) is 4.21. The van der Waals surface area contributed by atoms with E-state index in [1.54, 1.807) is 30.1 Å². The quantitative estimate of drug-likeness (QED) is 0.583. The molecule has 1 unspecified atom stereocenters. The second kappa shape index (κ2) is 8.56. The molecule has 0 bridgehead atoms. The van der Waals surface area contributed by atoms with Gasteiger partial charge in [0.15, 0.2) is 0 Å². The van der Waals surface area contributed by atoms with Crippen LogP contribution < -0.4 is 4.90 Å². The molecule has 0 saturated carbocycles. The van der Waals surface area contributed by atoms with Crippen LogP contribution >= 0.6 is 11.6 Å². The summed E-state index contributed by atoms with van der Waals surface area (Å²) >= 11 is 6.32. The van der Waals surface area contributed by atoms with Crippen LogP contribution in [0.2, 0.25) is 5.02 Å². The van der Waals surface area contributed by atoms with Crippen molar-refractivity contribution in [2.45, 2.75) is 32.2 Å². The van der Waals surface area contributed by atoms with E-state index in [2.05, 4.69) is 26.0 Å². The molecule has 0 fully saturated rings. The van der Waals surface area contributed by atoms with E-state index in [1.165, 1.54) is 5.56 Å². The number of hydrogen-bond donors (Lipinski definition) is 1. The molecule has 1 amide bonds. The fourth-order valence-corrected chi connectivity index (χ4v) is 4.26. The van der Waals surface area contributed by atoms with Gasteiger partial charge in [-0.05, 0) is 59.5 Å². The van der Waals surface area contributed by atoms with Gasteiger partial charge >= 0.3 is 0 Å². The normalized spacial score (nSPS) is 16.2. The lowest BCUT2D eigenvalue weighted by Gasteiger charge is -2.21. The van der Waals surface area contributed by atoms with Gasteiger partial charge in [-0.15, -0.1) is 0 Å². The molecule has 3 aromatic carbocycles. The van der Waals surface area contributed by atoms with Crippen molar-refractivity contribution in [3.8, 4) is 5.75 Å². The number of rotatable bonds is 4. The van der Waals surface area contributed by atoms with Gasteiger partial charge in [-0.1, -0.05) is 49.7 Å². The highest BCUT2D eigenvalue weighted by Crippen LogP contribution is 2.32. The Kier molecular flexibility index (Phi) is 5.84. The standard InChI is InChI=1S/C26H25ClN2O2/c1-16(2)21-7-5-4-6-18(21)14-23-26(31)29(3)24-13-10-19(27)15-22(24)25(28-23)17-8-11-20(30)12-9-17/h4-13,15-16,23,30H,14H2,1-3H3. The van der Waals surface area contributed by atoms with Crippen molar-refractivity contribution in [1.29, 1.82) is 0 Å². The number of benzodiazepines with no additional fused rings is 1. The number of anilines is 1. The first kappa shape index (κ1) is 21.1. The maximum atomic E-state index is 13.5. The average molecular weight is 433 g/mol. The molecule has 158 valence electrons. The Morgan fingerprint density at radius 1 is 1.06 bits per heavy atom. The van der Waals surface area contributed by atoms with Crippen LogP contribution in [0, 0.1) is 0 Å². The summed E-state index contributed by atoms with van der Waals surface area (Å²) in [6.07, 6.45) is 0.515. The van der Waals surface area contributed by atoms with Gasteiger partial charge in [0.05, 0.1) is 11.4 Å². The molecule has 4 rings (SSSR count). The third-order valence-electron chi connectivity index (χ3n) is 5.71. The SMILES string of the molecule is CC(C)c1ccccc1CC1N=C(c2ccc(O)cc2)c2cc(Cl)ccc2N(C)C1=O. The van der Waals surface area contributed by atoms with Crippen LogP contribution in [0.5, 0.6) is 5.75 Å². The Morgan fingerprint density at radius 3 is 2.48 bits per heavy atom. The van der Waals surface area contributed by atoms with Gasteiger partial charge in [0.1, 0.15) is 11.8 Å². The molecule has 1 aliphatic rings. The van der Waals surface area contributed by atoms with Crippen molar-refractivity contribution in [3.05, 3.63) is 94.0 Å². The van der Waals surface area contributed by atoms with Crippen LogP contribution in [0.1, 0.15) is 42.0 Å². The molecule has 0 saturated heterocycles. The Morgan fingerprint density at radius 2 is 1.77 bits per heavy atom. The van der Waals surface area contributed by atoms with E-state index >= 15 is 0 Å². The lowest BCUT2D eigenvalue weighted by molar-refractivity contribution is -0.119. The molecule has 31 heavy (non-hydrogen) atoms. The van der Waals surface area contributed by atoms with Crippen molar-refractivity contribution in [1.82, 2.24) is 0 Å². The average Bonchev–Trinajstić information content (AvgIpc) is 2.85. The topological polar surface area (TPSA) is 52.9 Å². The maximum absolute atomic E-state index is 13.5. The molecule has 0 radical (unpaired) electrons. The zero-order valence-corrected chi connectivity index (χ0v) is 18.6. The van der Waals surface area contributed by atoms with Crippen LogP contribution in [-0.4, -0.2) is 29.8 Å².